The van der Waals surface area contributed by atoms with Crippen LogP contribution >= 0.6 is 0 Å². The van der Waals surface area contributed by atoms with Gasteiger partial charge in [0.05, 0.1) is 12.7 Å². The van der Waals surface area contributed by atoms with Crippen molar-refractivity contribution >= 4 is 0 Å². The minimum absolute atomic E-state index is 0.324. The van der Waals surface area contributed by atoms with Crippen molar-refractivity contribution in [2.24, 2.45) is 0 Å². The Morgan fingerprint density at radius 2 is 2.14 bits per heavy atom. The van der Waals surface area contributed by atoms with Crippen molar-refractivity contribution in [3.8, 4) is 0 Å². The van der Waals surface area contributed by atoms with Crippen molar-refractivity contribution in [2.75, 3.05) is 13.2 Å². The zero-order chi connectivity index (χ0) is 10.8. The summed E-state index contributed by atoms with van der Waals surface area (Å²) in [6.45, 7) is 12.0. The van der Waals surface area contributed by atoms with Crippen molar-refractivity contribution < 1.29 is 4.74 Å². The molecule has 0 spiro atoms. The minimum Gasteiger partial charge on any atom is -0.377 e. The van der Waals surface area contributed by atoms with Gasteiger partial charge in [0.1, 0.15) is 0 Å². The number of hydrogen-bond donors (Lipinski definition) is 1. The topological polar surface area (TPSA) is 21.3 Å². The van der Waals surface area contributed by atoms with E-state index in [0.29, 0.717) is 12.1 Å². The summed E-state index contributed by atoms with van der Waals surface area (Å²) in [6, 6.07) is 0.482. The third kappa shape index (κ3) is 8.27. The first kappa shape index (κ1) is 13.7. The third-order valence-electron chi connectivity index (χ3n) is 2.03. The molecule has 0 bridgehead atoms. The molecule has 0 aromatic rings. The summed E-state index contributed by atoms with van der Waals surface area (Å²) in [5, 5.41) is 3.49. The molecule has 1 atom stereocenters. The molecule has 2 nitrogen and oxygen atoms in total. The molecule has 0 aliphatic heterocycles. The summed E-state index contributed by atoms with van der Waals surface area (Å²) in [5.74, 6) is 0. The maximum Gasteiger partial charge on any atom is 0.0623 e. The zero-order valence-electron chi connectivity index (χ0n) is 9.88. The van der Waals surface area contributed by atoms with Crippen LogP contribution in [0.15, 0.2) is 12.7 Å². The van der Waals surface area contributed by atoms with E-state index < -0.39 is 0 Å². The molecule has 0 rings (SSSR count). The van der Waals surface area contributed by atoms with Gasteiger partial charge < -0.3 is 10.1 Å². The first-order valence-corrected chi connectivity index (χ1v) is 5.66. The van der Waals surface area contributed by atoms with E-state index in [2.05, 4.69) is 32.7 Å². The molecule has 1 unspecified atom stereocenters. The molecule has 14 heavy (non-hydrogen) atoms. The lowest BCUT2D eigenvalue weighted by atomic mass is 10.1. The van der Waals surface area contributed by atoms with Crippen LogP contribution in [0, 0.1) is 0 Å². The first-order chi connectivity index (χ1) is 6.70. The Hall–Kier alpha value is -0.340. The summed E-state index contributed by atoms with van der Waals surface area (Å²) in [6.07, 6.45) is 5.64. The van der Waals surface area contributed by atoms with Crippen LogP contribution in [0.4, 0.5) is 0 Å². The lowest BCUT2D eigenvalue weighted by Gasteiger charge is -2.19. The molecule has 84 valence electrons. The molecule has 2 heteroatoms. The zero-order valence-corrected chi connectivity index (χ0v) is 9.88. The van der Waals surface area contributed by atoms with Crippen molar-refractivity contribution in [2.45, 2.75) is 52.2 Å². The molecular formula is C12H25NO. The standard InChI is InChI=1S/C12H25NO/c1-5-7-8-12(13-9-6-2)10-14-11(3)4/h5,11-13H,1,6-10H2,2-4H3. The van der Waals surface area contributed by atoms with Crippen LogP contribution in [-0.2, 0) is 4.74 Å². The van der Waals surface area contributed by atoms with Crippen molar-refractivity contribution in [3.63, 3.8) is 0 Å². The average Bonchev–Trinajstić information content (AvgIpc) is 2.16. The molecule has 0 radical (unpaired) electrons. The number of ether oxygens (including phenoxy) is 1. The summed E-state index contributed by atoms with van der Waals surface area (Å²) < 4.78 is 5.60. The lowest BCUT2D eigenvalue weighted by Crippen LogP contribution is -2.34. The largest absolute Gasteiger partial charge is 0.377 e. The molecule has 0 amide bonds. The quantitative estimate of drug-likeness (QED) is 0.577. The summed E-state index contributed by atoms with van der Waals surface area (Å²) in [7, 11) is 0. The molecule has 0 aliphatic rings. The predicted octanol–water partition coefficient (Wildman–Crippen LogP) is 2.75. The average molecular weight is 199 g/mol. The summed E-state index contributed by atoms with van der Waals surface area (Å²) in [5.41, 5.74) is 0. The highest BCUT2D eigenvalue weighted by Gasteiger charge is 2.07. The number of rotatable bonds is 9. The molecule has 0 heterocycles. The Morgan fingerprint density at radius 3 is 2.64 bits per heavy atom. The molecule has 1 N–H and O–H groups in total. The van der Waals surface area contributed by atoms with E-state index in [1.807, 2.05) is 6.08 Å². The second kappa shape index (κ2) is 9.22. The van der Waals surface area contributed by atoms with E-state index in [1.165, 1.54) is 6.42 Å². The smallest absolute Gasteiger partial charge is 0.0623 e. The van der Waals surface area contributed by atoms with Gasteiger partial charge in [0.15, 0.2) is 0 Å². The van der Waals surface area contributed by atoms with Crippen LogP contribution in [0.5, 0.6) is 0 Å². The fourth-order valence-corrected chi connectivity index (χ4v) is 1.22. The number of nitrogens with one attached hydrogen (secondary N) is 1. The normalized spacial score (nSPS) is 13.1. The van der Waals surface area contributed by atoms with Gasteiger partial charge in [0.25, 0.3) is 0 Å². The van der Waals surface area contributed by atoms with Gasteiger partial charge in [-0.05, 0) is 39.7 Å². The van der Waals surface area contributed by atoms with Crippen molar-refractivity contribution in [1.82, 2.24) is 5.32 Å². The van der Waals surface area contributed by atoms with Gasteiger partial charge in [0.2, 0.25) is 0 Å². The Morgan fingerprint density at radius 1 is 1.43 bits per heavy atom. The molecule has 0 aromatic carbocycles. The van der Waals surface area contributed by atoms with Gasteiger partial charge in [-0.15, -0.1) is 6.58 Å². The number of allylic oxidation sites excluding steroid dienone is 1. The molecule has 0 aromatic heterocycles. The van der Waals surface area contributed by atoms with Crippen LogP contribution in [0.3, 0.4) is 0 Å². The minimum atomic E-state index is 0.324. The Balaban J connectivity index is 3.65. The third-order valence-corrected chi connectivity index (χ3v) is 2.03. The monoisotopic (exact) mass is 199 g/mol. The van der Waals surface area contributed by atoms with Gasteiger partial charge in [-0.1, -0.05) is 13.0 Å². The SMILES string of the molecule is C=CCCC(COC(C)C)NCCC. The second-order valence-corrected chi connectivity index (χ2v) is 3.90. The van der Waals surface area contributed by atoms with Crippen LogP contribution in [0.1, 0.15) is 40.0 Å². The summed E-state index contributed by atoms with van der Waals surface area (Å²) >= 11 is 0. The van der Waals surface area contributed by atoms with E-state index in [1.54, 1.807) is 0 Å². The molecule has 0 aliphatic carbocycles. The van der Waals surface area contributed by atoms with Crippen molar-refractivity contribution in [1.29, 1.82) is 0 Å². The molecule has 0 saturated carbocycles. The van der Waals surface area contributed by atoms with E-state index >= 15 is 0 Å². The molecule has 0 fully saturated rings. The Bertz CT molecular complexity index is 134. The maximum atomic E-state index is 5.60. The van der Waals surface area contributed by atoms with Crippen LogP contribution < -0.4 is 5.32 Å². The van der Waals surface area contributed by atoms with E-state index in [0.717, 1.165) is 26.0 Å². The highest BCUT2D eigenvalue weighted by Crippen LogP contribution is 2.01. The fourth-order valence-electron chi connectivity index (χ4n) is 1.22. The maximum absolute atomic E-state index is 5.60. The van der Waals surface area contributed by atoms with Gasteiger partial charge in [0, 0.05) is 6.04 Å². The van der Waals surface area contributed by atoms with Crippen LogP contribution in [0.25, 0.3) is 0 Å². The van der Waals surface area contributed by atoms with E-state index in [-0.39, 0.29) is 0 Å². The van der Waals surface area contributed by atoms with Gasteiger partial charge in [-0.2, -0.15) is 0 Å². The lowest BCUT2D eigenvalue weighted by molar-refractivity contribution is 0.0598. The van der Waals surface area contributed by atoms with E-state index in [4.69, 9.17) is 4.74 Å². The highest BCUT2D eigenvalue weighted by molar-refractivity contribution is 4.73. The second-order valence-electron chi connectivity index (χ2n) is 3.90. The van der Waals surface area contributed by atoms with Crippen molar-refractivity contribution in [3.05, 3.63) is 12.7 Å². The molecular weight excluding hydrogens is 174 g/mol. The molecule has 0 saturated heterocycles. The van der Waals surface area contributed by atoms with Crippen LogP contribution in [0.2, 0.25) is 0 Å². The van der Waals surface area contributed by atoms with E-state index in [9.17, 15) is 0 Å². The van der Waals surface area contributed by atoms with Gasteiger partial charge in [-0.3, -0.25) is 0 Å². The van der Waals surface area contributed by atoms with Crippen LogP contribution in [-0.4, -0.2) is 25.3 Å². The van der Waals surface area contributed by atoms with Gasteiger partial charge in [-0.25, -0.2) is 0 Å². The number of hydrogen-bond acceptors (Lipinski definition) is 2. The van der Waals surface area contributed by atoms with Gasteiger partial charge >= 0.3 is 0 Å². The fraction of sp³-hybridized carbons (Fsp3) is 0.833. The Labute approximate surface area is 88.7 Å². The summed E-state index contributed by atoms with van der Waals surface area (Å²) in [4.78, 5) is 0. The highest BCUT2D eigenvalue weighted by atomic mass is 16.5. The Kier molecular flexibility index (Phi) is 9.00. The first-order valence-electron chi connectivity index (χ1n) is 5.66. The predicted molar refractivity (Wildman–Crippen MR) is 62.6 cm³/mol.